The molecule has 1 unspecified atom stereocenters. The molecule has 1 aromatic carbocycles. The van der Waals surface area contributed by atoms with Crippen molar-refractivity contribution in [1.82, 2.24) is 19.8 Å². The number of hydrogen-bond donors (Lipinski definition) is 2. The van der Waals surface area contributed by atoms with Crippen LogP contribution in [-0.2, 0) is 17.5 Å². The predicted octanol–water partition coefficient (Wildman–Crippen LogP) is 8.21. The fraction of sp³-hybridized carbons (Fsp3) is 0.400. The van der Waals surface area contributed by atoms with Crippen LogP contribution in [0.25, 0.3) is 16.6 Å². The SMILES string of the molecule is C=C.C=C(COC1C=CC(c2cnc3[nH]c(C)cc3c2)=CC1)Nc1ccc(CN2CCN(CC)CC2)c(C(F)(F)F)c1.CC. The lowest BCUT2D eigenvalue weighted by Crippen LogP contribution is -2.45. The second-order valence-electron chi connectivity index (χ2n) is 10.5. The average molecular weight is 610 g/mol. The van der Waals surface area contributed by atoms with E-state index in [0.717, 1.165) is 60.6 Å². The number of anilines is 1. The Morgan fingerprint density at radius 1 is 1.09 bits per heavy atom. The normalized spacial score (nSPS) is 17.2. The molecule has 0 radical (unpaired) electrons. The summed E-state index contributed by atoms with van der Waals surface area (Å²) >= 11 is 0. The Balaban J connectivity index is 0.00000127. The number of aromatic nitrogens is 2. The Bertz CT molecular complexity index is 1430. The third-order valence-corrected chi connectivity index (χ3v) is 7.51. The lowest BCUT2D eigenvalue weighted by molar-refractivity contribution is -0.138. The fourth-order valence-electron chi connectivity index (χ4n) is 5.26. The largest absolute Gasteiger partial charge is 0.416 e. The minimum Gasteiger partial charge on any atom is -0.368 e. The molecule has 6 nitrogen and oxygen atoms in total. The molecule has 3 heterocycles. The summed E-state index contributed by atoms with van der Waals surface area (Å²) in [4.78, 5) is 12.1. The van der Waals surface area contributed by atoms with Gasteiger partial charge in [0, 0.05) is 66.9 Å². The maximum absolute atomic E-state index is 13.9. The molecule has 0 spiro atoms. The maximum atomic E-state index is 13.9. The van der Waals surface area contributed by atoms with E-state index in [4.69, 9.17) is 4.74 Å². The Kier molecular flexibility index (Phi) is 13.0. The second kappa shape index (κ2) is 16.4. The van der Waals surface area contributed by atoms with Crippen molar-refractivity contribution in [2.45, 2.75) is 52.9 Å². The van der Waals surface area contributed by atoms with Crippen LogP contribution in [-0.4, -0.2) is 65.2 Å². The van der Waals surface area contributed by atoms with Gasteiger partial charge < -0.3 is 19.9 Å². The van der Waals surface area contributed by atoms with E-state index in [0.29, 0.717) is 23.4 Å². The Morgan fingerprint density at radius 2 is 1.80 bits per heavy atom. The predicted molar refractivity (Wildman–Crippen MR) is 177 cm³/mol. The van der Waals surface area contributed by atoms with Gasteiger partial charge in [0.15, 0.2) is 0 Å². The van der Waals surface area contributed by atoms with E-state index in [1.165, 1.54) is 6.07 Å². The zero-order chi connectivity index (χ0) is 32.3. The number of nitrogens with zero attached hydrogens (tertiary/aromatic N) is 3. The van der Waals surface area contributed by atoms with Crippen molar-refractivity contribution in [2.75, 3.05) is 44.6 Å². The minimum atomic E-state index is -4.44. The minimum absolute atomic E-state index is 0.144. The van der Waals surface area contributed by atoms with Gasteiger partial charge in [-0.2, -0.15) is 13.2 Å². The van der Waals surface area contributed by atoms with Gasteiger partial charge in [-0.15, -0.1) is 13.2 Å². The molecule has 0 amide bonds. The summed E-state index contributed by atoms with van der Waals surface area (Å²) in [6.45, 7) is 22.8. The van der Waals surface area contributed by atoms with E-state index in [-0.39, 0.29) is 19.3 Å². The number of piperazine rings is 1. The first kappa shape index (κ1) is 34.8. The van der Waals surface area contributed by atoms with Crippen molar-refractivity contribution >= 4 is 22.3 Å². The number of likely N-dealkylation sites (N-methyl/N-ethyl adjacent to an activating group) is 1. The summed E-state index contributed by atoms with van der Waals surface area (Å²) in [5.41, 5.74) is 4.59. The summed E-state index contributed by atoms with van der Waals surface area (Å²) in [6, 6.07) is 8.62. The van der Waals surface area contributed by atoms with Gasteiger partial charge in [0.1, 0.15) is 5.65 Å². The van der Waals surface area contributed by atoms with Crippen LogP contribution in [0, 0.1) is 6.92 Å². The summed E-state index contributed by atoms with van der Waals surface area (Å²) in [5, 5.41) is 4.07. The summed E-state index contributed by atoms with van der Waals surface area (Å²) in [6.07, 6.45) is 4.08. The van der Waals surface area contributed by atoms with Crippen LogP contribution in [0.15, 0.2) is 80.2 Å². The highest BCUT2D eigenvalue weighted by Crippen LogP contribution is 2.35. The fourth-order valence-corrected chi connectivity index (χ4v) is 5.26. The highest BCUT2D eigenvalue weighted by Gasteiger charge is 2.34. The highest BCUT2D eigenvalue weighted by atomic mass is 19.4. The van der Waals surface area contributed by atoms with Crippen LogP contribution in [0.1, 0.15) is 49.6 Å². The van der Waals surface area contributed by atoms with Crippen LogP contribution < -0.4 is 5.32 Å². The van der Waals surface area contributed by atoms with E-state index in [9.17, 15) is 13.2 Å². The van der Waals surface area contributed by atoms with Crippen molar-refractivity contribution in [3.05, 3.63) is 103 Å². The lowest BCUT2D eigenvalue weighted by atomic mass is 9.99. The molecule has 1 aliphatic carbocycles. The van der Waals surface area contributed by atoms with Gasteiger partial charge in [0.25, 0.3) is 0 Å². The number of aromatic amines is 1. The number of fused-ring (bicyclic) bond motifs is 1. The first-order valence-electron chi connectivity index (χ1n) is 15.2. The maximum Gasteiger partial charge on any atom is 0.416 e. The van der Waals surface area contributed by atoms with E-state index in [1.54, 1.807) is 12.1 Å². The number of hydrogen-bond acceptors (Lipinski definition) is 5. The molecule has 2 N–H and O–H groups in total. The number of ether oxygens (including phenoxy) is 1. The molecule has 1 atom stereocenters. The molecular formula is C35H46F3N5O. The highest BCUT2D eigenvalue weighted by molar-refractivity contribution is 5.84. The molecule has 44 heavy (non-hydrogen) atoms. The molecule has 1 saturated heterocycles. The number of nitrogens with one attached hydrogen (secondary N) is 2. The van der Waals surface area contributed by atoms with Crippen molar-refractivity contribution in [2.24, 2.45) is 0 Å². The second-order valence-corrected chi connectivity index (χ2v) is 10.5. The van der Waals surface area contributed by atoms with Crippen molar-refractivity contribution in [3.8, 4) is 0 Å². The van der Waals surface area contributed by atoms with Gasteiger partial charge in [-0.3, -0.25) is 4.90 Å². The molecule has 1 fully saturated rings. The molecule has 1 aliphatic heterocycles. The Morgan fingerprint density at radius 3 is 2.43 bits per heavy atom. The van der Waals surface area contributed by atoms with Gasteiger partial charge in [0.2, 0.25) is 0 Å². The number of halogens is 3. The first-order valence-corrected chi connectivity index (χ1v) is 15.2. The van der Waals surface area contributed by atoms with Crippen molar-refractivity contribution in [3.63, 3.8) is 0 Å². The number of H-pyrrole nitrogens is 1. The summed E-state index contributed by atoms with van der Waals surface area (Å²) < 4.78 is 47.8. The number of allylic oxidation sites excluding steroid dienone is 2. The molecule has 238 valence electrons. The van der Waals surface area contributed by atoms with Crippen LogP contribution in [0.4, 0.5) is 18.9 Å². The van der Waals surface area contributed by atoms with E-state index < -0.39 is 11.7 Å². The zero-order valence-electron chi connectivity index (χ0n) is 26.4. The number of alkyl halides is 3. The number of rotatable bonds is 9. The van der Waals surface area contributed by atoms with Crippen molar-refractivity contribution in [1.29, 1.82) is 0 Å². The van der Waals surface area contributed by atoms with Gasteiger partial charge in [-0.1, -0.05) is 51.6 Å². The van der Waals surface area contributed by atoms with Gasteiger partial charge in [0.05, 0.1) is 18.3 Å². The quantitative estimate of drug-likeness (QED) is 0.240. The smallest absolute Gasteiger partial charge is 0.368 e. The average Bonchev–Trinajstić information content (AvgIpc) is 3.42. The molecule has 2 aromatic heterocycles. The van der Waals surface area contributed by atoms with E-state index in [2.05, 4.69) is 70.0 Å². The van der Waals surface area contributed by atoms with Crippen LogP contribution >= 0.6 is 0 Å². The standard InChI is InChI=1S/C31H36F3N5O.C2H6.C2H4/c1-4-38-11-13-39(14-12-38)19-24-5-8-27(17-29(24)31(32,33)34)36-22(3)20-40-28-9-6-23(7-10-28)26-16-25-15-21(2)37-30(25)35-18-26;2*1-2/h5-9,15-18,28,36H,3-4,10-14,19-20H2,1-2H3,(H,35,37);1-2H3;1-2H2. The number of aryl methyl sites for hydroxylation is 1. The van der Waals surface area contributed by atoms with E-state index >= 15 is 0 Å². The third-order valence-electron chi connectivity index (χ3n) is 7.51. The molecule has 0 bridgehead atoms. The monoisotopic (exact) mass is 609 g/mol. The van der Waals surface area contributed by atoms with Gasteiger partial charge >= 0.3 is 6.18 Å². The summed E-state index contributed by atoms with van der Waals surface area (Å²) in [7, 11) is 0. The molecule has 0 saturated carbocycles. The first-order chi connectivity index (χ1) is 21.2. The van der Waals surface area contributed by atoms with Crippen LogP contribution in [0.3, 0.4) is 0 Å². The Hall–Kier alpha value is -3.66. The molecular weight excluding hydrogens is 563 g/mol. The van der Waals surface area contributed by atoms with Crippen molar-refractivity contribution < 1.29 is 17.9 Å². The molecule has 9 heteroatoms. The van der Waals surface area contributed by atoms with Crippen LogP contribution in [0.2, 0.25) is 0 Å². The Labute approximate surface area is 260 Å². The van der Waals surface area contributed by atoms with Crippen LogP contribution in [0.5, 0.6) is 0 Å². The third kappa shape index (κ3) is 9.42. The zero-order valence-corrected chi connectivity index (χ0v) is 26.4. The molecule has 5 rings (SSSR count). The number of benzene rings is 1. The summed E-state index contributed by atoms with van der Waals surface area (Å²) in [5.74, 6) is 0. The lowest BCUT2D eigenvalue weighted by Gasteiger charge is -2.34. The van der Waals surface area contributed by atoms with Gasteiger partial charge in [-0.05, 0) is 55.3 Å². The molecule has 2 aliphatic rings. The van der Waals surface area contributed by atoms with E-state index in [1.807, 2.05) is 39.1 Å². The number of pyridine rings is 1. The van der Waals surface area contributed by atoms with Gasteiger partial charge in [-0.25, -0.2) is 4.98 Å². The molecule has 3 aromatic rings. The topological polar surface area (TPSA) is 56.4 Å².